The Balaban J connectivity index is 1.61. The molecule has 0 atom stereocenters. The maximum atomic E-state index is 13.2. The van der Waals surface area contributed by atoms with Gasteiger partial charge in [-0.3, -0.25) is 0 Å². The van der Waals surface area contributed by atoms with Crippen LogP contribution in [0.3, 0.4) is 0 Å². The molecule has 172 valence electrons. The summed E-state index contributed by atoms with van der Waals surface area (Å²) in [5, 5.41) is 10.3. The van der Waals surface area contributed by atoms with Crippen molar-refractivity contribution < 1.29 is 23.7 Å². The first-order chi connectivity index (χ1) is 15.8. The molecule has 1 N–H and O–H groups in total. The Hall–Kier alpha value is -3.72. The van der Waals surface area contributed by atoms with Gasteiger partial charge < -0.3 is 23.9 Å². The third-order valence-corrected chi connectivity index (χ3v) is 5.30. The first-order valence-corrected chi connectivity index (χ1v) is 10.3. The maximum absolute atomic E-state index is 13.2. The number of hydrogen-bond acceptors (Lipinski definition) is 7. The van der Waals surface area contributed by atoms with E-state index in [1.807, 2.05) is 32.0 Å². The van der Waals surface area contributed by atoms with Gasteiger partial charge in [-0.1, -0.05) is 18.2 Å². The van der Waals surface area contributed by atoms with Gasteiger partial charge in [-0.15, -0.1) is 0 Å². The van der Waals surface area contributed by atoms with Gasteiger partial charge in [-0.05, 0) is 49.2 Å². The molecule has 2 aromatic carbocycles. The number of benzene rings is 2. The second-order valence-electron chi connectivity index (χ2n) is 8.03. The molecule has 2 heterocycles. The lowest BCUT2D eigenvalue weighted by molar-refractivity contribution is -0.0393. The van der Waals surface area contributed by atoms with Crippen molar-refractivity contribution in [2.75, 3.05) is 14.2 Å². The minimum Gasteiger partial charge on any atom is -0.493 e. The number of fused-ring (bicyclic) bond motifs is 1. The molecular weight excluding hydrogens is 427 g/mol. The molecule has 0 fully saturated rings. The first-order valence-electron chi connectivity index (χ1n) is 10.3. The van der Waals surface area contributed by atoms with Crippen molar-refractivity contribution in [1.82, 2.24) is 19.5 Å². The summed E-state index contributed by atoms with van der Waals surface area (Å²) in [5.41, 5.74) is 1.18. The second-order valence-corrected chi connectivity index (χ2v) is 8.03. The predicted molar refractivity (Wildman–Crippen MR) is 119 cm³/mol. The van der Waals surface area contributed by atoms with Crippen LogP contribution in [0.15, 0.2) is 48.8 Å². The van der Waals surface area contributed by atoms with E-state index >= 15 is 0 Å². The van der Waals surface area contributed by atoms with Crippen molar-refractivity contribution >= 4 is 0 Å². The molecule has 0 aromatic heterocycles. The van der Waals surface area contributed by atoms with E-state index < -0.39 is 5.60 Å². The number of aromatic nitrogens is 4. The van der Waals surface area contributed by atoms with E-state index in [9.17, 15) is 9.50 Å². The van der Waals surface area contributed by atoms with Crippen LogP contribution in [0, 0.1) is 5.82 Å². The molecule has 0 bridgehead atoms. The summed E-state index contributed by atoms with van der Waals surface area (Å²) in [7, 11) is 3.17. The topological polar surface area (TPSA) is 91.5 Å². The number of nitrogens with zero attached hydrogens (tertiary/aromatic N) is 4. The Labute approximate surface area is 191 Å². The zero-order chi connectivity index (χ0) is 23.6. The zero-order valence-corrected chi connectivity index (χ0v) is 18.9. The molecule has 0 spiro atoms. The van der Waals surface area contributed by atoms with Crippen LogP contribution in [-0.2, 0) is 23.5 Å². The van der Waals surface area contributed by atoms with Crippen LogP contribution < -0.4 is 9.47 Å². The van der Waals surface area contributed by atoms with Gasteiger partial charge in [0.25, 0.3) is 0 Å². The molecule has 0 saturated heterocycles. The zero-order valence-electron chi connectivity index (χ0n) is 18.9. The lowest BCUT2D eigenvalue weighted by atomic mass is 10.1. The minimum absolute atomic E-state index is 0.207. The van der Waals surface area contributed by atoms with Gasteiger partial charge in [-0.2, -0.15) is 0 Å². The van der Waals surface area contributed by atoms with Gasteiger partial charge in [0, 0.05) is 0 Å². The number of halogens is 1. The molecule has 0 amide bonds. The summed E-state index contributed by atoms with van der Waals surface area (Å²) in [6, 6.07) is 11.7. The van der Waals surface area contributed by atoms with Crippen molar-refractivity contribution in [1.29, 1.82) is 0 Å². The largest absolute Gasteiger partial charge is 0.493 e. The fourth-order valence-electron chi connectivity index (χ4n) is 3.39. The van der Waals surface area contributed by atoms with E-state index in [2.05, 4.69) is 15.0 Å². The lowest BCUT2D eigenvalue weighted by Crippen LogP contribution is -2.23. The van der Waals surface area contributed by atoms with E-state index in [1.165, 1.54) is 18.5 Å². The molecule has 2 aliphatic heterocycles. The van der Waals surface area contributed by atoms with Crippen LogP contribution in [-0.4, -0.2) is 38.8 Å². The molecule has 4 rings (SSSR count). The smallest absolute Gasteiger partial charge is 0.242 e. The summed E-state index contributed by atoms with van der Waals surface area (Å²) >= 11 is 0. The quantitative estimate of drug-likeness (QED) is 0.430. The van der Waals surface area contributed by atoms with E-state index in [0.717, 1.165) is 11.1 Å². The van der Waals surface area contributed by atoms with Crippen LogP contribution in [0.5, 0.6) is 17.4 Å². The Kier molecular flexibility index (Phi) is 6.15. The molecule has 0 radical (unpaired) electrons. The second kappa shape index (κ2) is 9.03. The average molecular weight is 452 g/mol. The fourth-order valence-corrected chi connectivity index (χ4v) is 3.39. The SMILES string of the molecule is COc1ccc(Cn2cnc(O)c3nc(C(C)(C)OCc4ccc(F)cc4)nc2-3)cc1OC. The van der Waals surface area contributed by atoms with Crippen LogP contribution in [0.2, 0.25) is 0 Å². The van der Waals surface area contributed by atoms with Gasteiger partial charge >= 0.3 is 0 Å². The van der Waals surface area contributed by atoms with Gasteiger partial charge in [-0.25, -0.2) is 19.3 Å². The normalized spacial score (nSPS) is 11.7. The van der Waals surface area contributed by atoms with Crippen LogP contribution in [0.25, 0.3) is 11.5 Å². The minimum atomic E-state index is -0.860. The third kappa shape index (κ3) is 4.73. The number of aromatic hydroxyl groups is 1. The lowest BCUT2D eigenvalue weighted by Gasteiger charge is -2.22. The van der Waals surface area contributed by atoms with Crippen LogP contribution in [0.1, 0.15) is 30.8 Å². The molecule has 2 aromatic rings. The van der Waals surface area contributed by atoms with E-state index in [-0.39, 0.29) is 24.0 Å². The highest BCUT2D eigenvalue weighted by atomic mass is 19.1. The Morgan fingerprint density at radius 1 is 0.970 bits per heavy atom. The van der Waals surface area contributed by atoms with Gasteiger partial charge in [0.15, 0.2) is 28.8 Å². The highest BCUT2D eigenvalue weighted by Gasteiger charge is 2.31. The summed E-state index contributed by atoms with van der Waals surface area (Å²) < 4.78 is 31.7. The first kappa shape index (κ1) is 22.5. The van der Waals surface area contributed by atoms with E-state index in [1.54, 1.807) is 30.9 Å². The van der Waals surface area contributed by atoms with Crippen molar-refractivity contribution in [2.24, 2.45) is 0 Å². The summed E-state index contributed by atoms with van der Waals surface area (Å²) in [5.74, 6) is 1.63. The summed E-state index contributed by atoms with van der Waals surface area (Å²) in [6.45, 7) is 4.37. The molecule has 9 heteroatoms. The molecular formula is C24H25FN4O4. The number of imidazole rings is 1. The molecule has 8 nitrogen and oxygen atoms in total. The molecule has 33 heavy (non-hydrogen) atoms. The Morgan fingerprint density at radius 2 is 1.67 bits per heavy atom. The van der Waals surface area contributed by atoms with Crippen molar-refractivity contribution in [3.63, 3.8) is 0 Å². The van der Waals surface area contributed by atoms with Crippen molar-refractivity contribution in [3.8, 4) is 28.9 Å². The summed E-state index contributed by atoms with van der Waals surface area (Å²) in [6.07, 6.45) is 1.51. The number of ether oxygens (including phenoxy) is 3. The molecule has 0 unspecified atom stereocenters. The van der Waals surface area contributed by atoms with Gasteiger partial charge in [0.05, 0.1) is 27.4 Å². The molecule has 0 saturated carbocycles. The highest BCUT2D eigenvalue weighted by molar-refractivity contribution is 5.58. The average Bonchev–Trinajstić information content (AvgIpc) is 3.28. The third-order valence-electron chi connectivity index (χ3n) is 5.30. The number of rotatable bonds is 8. The fraction of sp³-hybridized carbons (Fsp3) is 0.292. The highest BCUT2D eigenvalue weighted by Crippen LogP contribution is 2.33. The standard InChI is InChI=1S/C24H25FN4O4/c1-24(2,33-13-15-5-8-17(25)9-6-15)23-27-20-21(28-23)29(14-26-22(20)30)12-16-7-10-18(31-3)19(11-16)32-4/h5-11,14,30H,12-13H2,1-4H3. The van der Waals surface area contributed by atoms with Gasteiger partial charge in [0.2, 0.25) is 5.88 Å². The predicted octanol–water partition coefficient (Wildman–Crippen LogP) is 4.14. The van der Waals surface area contributed by atoms with Crippen LogP contribution in [0.4, 0.5) is 4.39 Å². The molecule has 2 aliphatic rings. The number of hydrogen-bond donors (Lipinski definition) is 1. The van der Waals surface area contributed by atoms with Crippen molar-refractivity contribution in [3.05, 3.63) is 71.6 Å². The van der Waals surface area contributed by atoms with Crippen LogP contribution >= 0.6 is 0 Å². The number of methoxy groups -OCH3 is 2. The Bertz CT molecular complexity index is 1220. The molecule has 0 aliphatic carbocycles. The van der Waals surface area contributed by atoms with Gasteiger partial charge in [0.1, 0.15) is 17.7 Å². The Morgan fingerprint density at radius 3 is 2.36 bits per heavy atom. The monoisotopic (exact) mass is 452 g/mol. The van der Waals surface area contributed by atoms with E-state index in [4.69, 9.17) is 14.2 Å². The summed E-state index contributed by atoms with van der Waals surface area (Å²) in [4.78, 5) is 13.2. The van der Waals surface area contributed by atoms with E-state index in [0.29, 0.717) is 29.7 Å². The van der Waals surface area contributed by atoms with Crippen molar-refractivity contribution in [2.45, 2.75) is 32.6 Å². The maximum Gasteiger partial charge on any atom is 0.242 e.